The first-order chi connectivity index (χ1) is 16.4. The first kappa shape index (κ1) is 26.3. The summed E-state index contributed by atoms with van der Waals surface area (Å²) in [6, 6.07) is 22.0. The minimum atomic E-state index is -4.43. The summed E-state index contributed by atoms with van der Waals surface area (Å²) < 4.78 is 46.7. The van der Waals surface area contributed by atoms with Gasteiger partial charge in [-0.25, -0.2) is 4.79 Å². The summed E-state index contributed by atoms with van der Waals surface area (Å²) in [5.41, 5.74) is 2.49. The van der Waals surface area contributed by atoms with E-state index in [0.717, 1.165) is 34.2 Å². The molecule has 1 atom stereocenters. The summed E-state index contributed by atoms with van der Waals surface area (Å²) >= 11 is 0. The second-order valence-electron chi connectivity index (χ2n) is 7.98. The molecule has 1 N–H and O–H groups in total. The number of benzene rings is 3. The molecule has 184 valence electrons. The Bertz CT molecular complexity index is 1270. The van der Waals surface area contributed by atoms with Crippen LogP contribution in [0.2, 0.25) is 0 Å². The monoisotopic (exact) mass is 502 g/mol. The molecule has 0 aliphatic carbocycles. The second-order valence-corrected chi connectivity index (χ2v) is 7.98. The Balaban J connectivity index is 0.00000342. The molecule has 3 aromatic carbocycles. The van der Waals surface area contributed by atoms with E-state index in [9.17, 15) is 18.0 Å². The van der Waals surface area contributed by atoms with Crippen molar-refractivity contribution >= 4 is 29.3 Å². The SMILES string of the molecule is CCOC(=O)C(NCc1cccc(C(F)(F)F)c1)c1cn(Cc2ccccc2)c2ccccc12.Cl. The molecule has 8 heteroatoms. The third-order valence-electron chi connectivity index (χ3n) is 5.61. The Hall–Kier alpha value is -3.29. The van der Waals surface area contributed by atoms with Crippen molar-refractivity contribution in [3.63, 3.8) is 0 Å². The van der Waals surface area contributed by atoms with Crippen LogP contribution in [0.15, 0.2) is 85.1 Å². The number of carbonyl (C=O) groups excluding carboxylic acids is 1. The third kappa shape index (κ3) is 6.24. The fraction of sp³-hybridized carbons (Fsp3) is 0.222. The zero-order chi connectivity index (χ0) is 24.1. The summed E-state index contributed by atoms with van der Waals surface area (Å²) in [5, 5.41) is 4.01. The highest BCUT2D eigenvalue weighted by molar-refractivity contribution is 5.90. The maximum Gasteiger partial charge on any atom is 0.416 e. The number of carbonyl (C=O) groups is 1. The number of para-hydroxylation sites is 1. The molecule has 0 aliphatic heterocycles. The van der Waals surface area contributed by atoms with Gasteiger partial charge in [-0.05, 0) is 30.2 Å². The van der Waals surface area contributed by atoms with E-state index in [1.807, 2.05) is 60.8 Å². The fourth-order valence-electron chi connectivity index (χ4n) is 4.04. The van der Waals surface area contributed by atoms with E-state index in [-0.39, 0.29) is 25.6 Å². The van der Waals surface area contributed by atoms with E-state index < -0.39 is 23.8 Å². The molecular weight excluding hydrogens is 477 g/mol. The Morgan fingerprint density at radius 1 is 0.971 bits per heavy atom. The standard InChI is InChI=1S/C27H25F3N2O2.ClH/c1-2-34-26(33)25(31-16-20-11-8-12-21(15-20)27(28,29)30)23-18-32(17-19-9-4-3-5-10-19)24-14-7-6-13-22(23)24;/h3-15,18,25,31H,2,16-17H2,1H3;1H. The van der Waals surface area contributed by atoms with Gasteiger partial charge in [0.1, 0.15) is 6.04 Å². The van der Waals surface area contributed by atoms with Crippen LogP contribution in [0, 0.1) is 0 Å². The van der Waals surface area contributed by atoms with Gasteiger partial charge in [0.05, 0.1) is 12.2 Å². The number of fused-ring (bicyclic) bond motifs is 1. The van der Waals surface area contributed by atoms with Gasteiger partial charge in [-0.2, -0.15) is 13.2 Å². The second kappa shape index (κ2) is 11.4. The highest BCUT2D eigenvalue weighted by Crippen LogP contribution is 2.31. The van der Waals surface area contributed by atoms with E-state index in [1.54, 1.807) is 13.0 Å². The molecule has 0 spiro atoms. The molecule has 0 amide bonds. The highest BCUT2D eigenvalue weighted by atomic mass is 35.5. The van der Waals surface area contributed by atoms with Crippen molar-refractivity contribution in [2.24, 2.45) is 0 Å². The molecule has 4 rings (SSSR count). The molecule has 1 heterocycles. The Morgan fingerprint density at radius 2 is 1.66 bits per heavy atom. The number of halogens is 4. The highest BCUT2D eigenvalue weighted by Gasteiger charge is 2.31. The van der Waals surface area contributed by atoms with Crippen LogP contribution in [-0.2, 0) is 28.8 Å². The van der Waals surface area contributed by atoms with Gasteiger partial charge in [-0.1, -0.05) is 66.7 Å². The summed E-state index contributed by atoms with van der Waals surface area (Å²) in [6.07, 6.45) is -2.51. The summed E-state index contributed by atoms with van der Waals surface area (Å²) in [4.78, 5) is 12.9. The average molecular weight is 503 g/mol. The van der Waals surface area contributed by atoms with Gasteiger partial charge in [-0.3, -0.25) is 5.32 Å². The van der Waals surface area contributed by atoms with Crippen LogP contribution >= 0.6 is 12.4 Å². The van der Waals surface area contributed by atoms with Crippen LogP contribution in [0.4, 0.5) is 13.2 Å². The molecule has 0 fully saturated rings. The molecule has 4 aromatic rings. The predicted molar refractivity (Wildman–Crippen MR) is 132 cm³/mol. The van der Waals surface area contributed by atoms with E-state index >= 15 is 0 Å². The predicted octanol–water partition coefficient (Wildman–Crippen LogP) is 6.52. The lowest BCUT2D eigenvalue weighted by Crippen LogP contribution is -2.30. The van der Waals surface area contributed by atoms with Crippen molar-refractivity contribution in [1.29, 1.82) is 0 Å². The number of hydrogen-bond donors (Lipinski definition) is 1. The van der Waals surface area contributed by atoms with Crippen LogP contribution < -0.4 is 5.32 Å². The van der Waals surface area contributed by atoms with Crippen molar-refractivity contribution < 1.29 is 22.7 Å². The van der Waals surface area contributed by atoms with Crippen LogP contribution in [-0.4, -0.2) is 17.1 Å². The van der Waals surface area contributed by atoms with Gasteiger partial charge in [0, 0.05) is 35.8 Å². The van der Waals surface area contributed by atoms with Gasteiger partial charge < -0.3 is 9.30 Å². The first-order valence-corrected chi connectivity index (χ1v) is 11.0. The topological polar surface area (TPSA) is 43.3 Å². The molecule has 1 unspecified atom stereocenters. The van der Waals surface area contributed by atoms with E-state index in [0.29, 0.717) is 12.1 Å². The molecule has 0 aliphatic rings. The van der Waals surface area contributed by atoms with Crippen molar-refractivity contribution in [3.8, 4) is 0 Å². The number of aromatic nitrogens is 1. The normalized spacial score (nSPS) is 12.2. The lowest BCUT2D eigenvalue weighted by Gasteiger charge is -2.18. The number of rotatable bonds is 8. The van der Waals surface area contributed by atoms with Gasteiger partial charge in [0.2, 0.25) is 0 Å². The fourth-order valence-corrected chi connectivity index (χ4v) is 4.04. The summed E-state index contributed by atoms with van der Waals surface area (Å²) in [6.45, 7) is 2.61. The maximum atomic E-state index is 13.1. The van der Waals surface area contributed by atoms with Gasteiger partial charge >= 0.3 is 12.1 Å². The quantitative estimate of drug-likeness (QED) is 0.279. The summed E-state index contributed by atoms with van der Waals surface area (Å²) in [5.74, 6) is -0.475. The summed E-state index contributed by atoms with van der Waals surface area (Å²) in [7, 11) is 0. The lowest BCUT2D eigenvalue weighted by atomic mass is 10.0. The molecule has 0 saturated heterocycles. The largest absolute Gasteiger partial charge is 0.465 e. The zero-order valence-corrected chi connectivity index (χ0v) is 19.9. The minimum absolute atomic E-state index is 0. The van der Waals surface area contributed by atoms with Crippen molar-refractivity contribution in [2.75, 3.05) is 6.61 Å². The lowest BCUT2D eigenvalue weighted by molar-refractivity contribution is -0.146. The Kier molecular flexibility index (Phi) is 8.59. The van der Waals surface area contributed by atoms with Crippen LogP contribution in [0.3, 0.4) is 0 Å². The number of nitrogens with one attached hydrogen (secondary N) is 1. The molecule has 0 saturated carbocycles. The molecular formula is C27H26ClF3N2O2. The van der Waals surface area contributed by atoms with E-state index in [1.165, 1.54) is 6.07 Å². The van der Waals surface area contributed by atoms with Crippen molar-refractivity contribution in [3.05, 3.63) is 107 Å². The van der Waals surface area contributed by atoms with Gasteiger partial charge in [-0.15, -0.1) is 12.4 Å². The average Bonchev–Trinajstić information content (AvgIpc) is 3.18. The maximum absolute atomic E-state index is 13.1. The zero-order valence-electron chi connectivity index (χ0n) is 19.1. The Morgan fingerprint density at radius 3 is 2.37 bits per heavy atom. The van der Waals surface area contributed by atoms with E-state index in [4.69, 9.17) is 4.74 Å². The van der Waals surface area contributed by atoms with Crippen LogP contribution in [0.25, 0.3) is 10.9 Å². The smallest absolute Gasteiger partial charge is 0.416 e. The van der Waals surface area contributed by atoms with Crippen molar-refractivity contribution in [2.45, 2.75) is 32.2 Å². The minimum Gasteiger partial charge on any atom is -0.465 e. The van der Waals surface area contributed by atoms with Crippen molar-refractivity contribution in [1.82, 2.24) is 9.88 Å². The van der Waals surface area contributed by atoms with Crippen LogP contribution in [0.5, 0.6) is 0 Å². The van der Waals surface area contributed by atoms with E-state index in [2.05, 4.69) is 9.88 Å². The molecule has 4 nitrogen and oxygen atoms in total. The molecule has 1 aromatic heterocycles. The molecule has 0 bridgehead atoms. The molecule has 35 heavy (non-hydrogen) atoms. The number of alkyl halides is 3. The molecule has 0 radical (unpaired) electrons. The number of hydrogen-bond acceptors (Lipinski definition) is 3. The first-order valence-electron chi connectivity index (χ1n) is 11.0. The Labute approximate surface area is 208 Å². The third-order valence-corrected chi connectivity index (χ3v) is 5.61. The number of nitrogens with zero attached hydrogens (tertiary/aromatic N) is 1. The van der Waals surface area contributed by atoms with Gasteiger partial charge in [0.15, 0.2) is 0 Å². The van der Waals surface area contributed by atoms with Gasteiger partial charge in [0.25, 0.3) is 0 Å². The number of ether oxygens (including phenoxy) is 1. The number of esters is 1. The van der Waals surface area contributed by atoms with Crippen LogP contribution in [0.1, 0.15) is 35.2 Å².